The molecule has 1 aliphatic heterocycles. The Morgan fingerprint density at radius 2 is 1.89 bits per heavy atom. The second-order valence-corrected chi connectivity index (χ2v) is 6.42. The SMILES string of the molecule is Cc1oc(-c2ccccc2)nc1C(=O)OCC(=O)N1CCC(C(N)=O)CC1. The molecule has 3 rings (SSSR count). The number of amides is 2. The zero-order valence-corrected chi connectivity index (χ0v) is 15.0. The van der Waals surface area contributed by atoms with Gasteiger partial charge in [0, 0.05) is 24.6 Å². The third-order valence-corrected chi connectivity index (χ3v) is 4.59. The van der Waals surface area contributed by atoms with Gasteiger partial charge in [-0.2, -0.15) is 0 Å². The molecule has 8 nitrogen and oxygen atoms in total. The van der Waals surface area contributed by atoms with Crippen LogP contribution in [0, 0.1) is 12.8 Å². The van der Waals surface area contributed by atoms with Gasteiger partial charge < -0.3 is 19.8 Å². The molecule has 0 bridgehead atoms. The fourth-order valence-electron chi connectivity index (χ4n) is 2.99. The molecule has 1 aromatic carbocycles. The quantitative estimate of drug-likeness (QED) is 0.797. The van der Waals surface area contributed by atoms with Crippen LogP contribution in [0.4, 0.5) is 0 Å². The lowest BCUT2D eigenvalue weighted by Crippen LogP contribution is -2.43. The van der Waals surface area contributed by atoms with E-state index in [2.05, 4.69) is 4.98 Å². The number of hydrogen-bond acceptors (Lipinski definition) is 6. The van der Waals surface area contributed by atoms with Crippen LogP contribution in [0.3, 0.4) is 0 Å². The van der Waals surface area contributed by atoms with Gasteiger partial charge in [0.2, 0.25) is 11.8 Å². The van der Waals surface area contributed by atoms with Gasteiger partial charge in [0.15, 0.2) is 12.3 Å². The van der Waals surface area contributed by atoms with Crippen LogP contribution in [0.25, 0.3) is 11.5 Å². The summed E-state index contributed by atoms with van der Waals surface area (Å²) in [6.07, 6.45) is 1.05. The molecule has 142 valence electrons. The minimum atomic E-state index is -0.709. The number of carbonyl (C=O) groups is 3. The number of benzene rings is 1. The highest BCUT2D eigenvalue weighted by atomic mass is 16.5. The van der Waals surface area contributed by atoms with Crippen LogP contribution >= 0.6 is 0 Å². The maximum atomic E-state index is 12.3. The van der Waals surface area contributed by atoms with Crippen molar-refractivity contribution in [3.8, 4) is 11.5 Å². The summed E-state index contributed by atoms with van der Waals surface area (Å²) >= 11 is 0. The van der Waals surface area contributed by atoms with E-state index in [9.17, 15) is 14.4 Å². The van der Waals surface area contributed by atoms with Gasteiger partial charge in [-0.15, -0.1) is 0 Å². The summed E-state index contributed by atoms with van der Waals surface area (Å²) in [4.78, 5) is 41.4. The van der Waals surface area contributed by atoms with Crippen molar-refractivity contribution < 1.29 is 23.5 Å². The number of esters is 1. The van der Waals surface area contributed by atoms with Crippen molar-refractivity contribution >= 4 is 17.8 Å². The van der Waals surface area contributed by atoms with Gasteiger partial charge in [-0.1, -0.05) is 18.2 Å². The molecule has 0 saturated carbocycles. The van der Waals surface area contributed by atoms with Crippen molar-refractivity contribution in [3.63, 3.8) is 0 Å². The van der Waals surface area contributed by atoms with E-state index in [1.165, 1.54) is 0 Å². The number of nitrogens with zero attached hydrogens (tertiary/aromatic N) is 2. The normalized spacial score (nSPS) is 14.8. The molecule has 0 aliphatic carbocycles. The number of aromatic nitrogens is 1. The van der Waals surface area contributed by atoms with Crippen LogP contribution in [0.15, 0.2) is 34.7 Å². The summed E-state index contributed by atoms with van der Waals surface area (Å²) in [5.74, 6) is -0.918. The highest BCUT2D eigenvalue weighted by Crippen LogP contribution is 2.22. The Morgan fingerprint density at radius 3 is 2.52 bits per heavy atom. The fourth-order valence-corrected chi connectivity index (χ4v) is 2.99. The zero-order valence-electron chi connectivity index (χ0n) is 15.0. The van der Waals surface area contributed by atoms with E-state index < -0.39 is 5.97 Å². The summed E-state index contributed by atoms with van der Waals surface area (Å²) in [6.45, 7) is 2.08. The van der Waals surface area contributed by atoms with Crippen LogP contribution in [-0.2, 0) is 14.3 Å². The molecule has 2 aromatic rings. The van der Waals surface area contributed by atoms with Crippen molar-refractivity contribution in [2.24, 2.45) is 11.7 Å². The predicted octanol–water partition coefficient (Wildman–Crippen LogP) is 1.53. The topological polar surface area (TPSA) is 116 Å². The number of oxazole rings is 1. The van der Waals surface area contributed by atoms with E-state index in [1.807, 2.05) is 30.3 Å². The third-order valence-electron chi connectivity index (χ3n) is 4.59. The third kappa shape index (κ3) is 4.33. The molecule has 1 aromatic heterocycles. The lowest BCUT2D eigenvalue weighted by Gasteiger charge is -2.30. The fraction of sp³-hybridized carbons (Fsp3) is 0.368. The van der Waals surface area contributed by atoms with Crippen LogP contribution in [0.2, 0.25) is 0 Å². The van der Waals surface area contributed by atoms with Gasteiger partial charge in [-0.25, -0.2) is 9.78 Å². The molecule has 0 unspecified atom stereocenters. The summed E-state index contributed by atoms with van der Waals surface area (Å²) in [5.41, 5.74) is 6.08. The Morgan fingerprint density at radius 1 is 1.22 bits per heavy atom. The number of rotatable bonds is 5. The number of hydrogen-bond donors (Lipinski definition) is 1. The first kappa shape index (κ1) is 18.6. The molecule has 2 heterocycles. The minimum absolute atomic E-state index is 0.0501. The second kappa shape index (κ2) is 8.03. The van der Waals surface area contributed by atoms with Crippen LogP contribution in [-0.4, -0.2) is 47.4 Å². The largest absolute Gasteiger partial charge is 0.451 e. The summed E-state index contributed by atoms with van der Waals surface area (Å²) in [6, 6.07) is 9.19. The summed E-state index contributed by atoms with van der Waals surface area (Å²) in [5, 5.41) is 0. The van der Waals surface area contributed by atoms with Crippen molar-refractivity contribution in [3.05, 3.63) is 41.8 Å². The molecule has 1 saturated heterocycles. The Labute approximate surface area is 156 Å². The average Bonchev–Trinajstić information content (AvgIpc) is 3.08. The average molecular weight is 371 g/mol. The van der Waals surface area contributed by atoms with Crippen molar-refractivity contribution in [1.29, 1.82) is 0 Å². The van der Waals surface area contributed by atoms with E-state index in [1.54, 1.807) is 11.8 Å². The highest BCUT2D eigenvalue weighted by molar-refractivity contribution is 5.91. The maximum Gasteiger partial charge on any atom is 0.361 e. The number of piperidine rings is 1. The smallest absolute Gasteiger partial charge is 0.361 e. The Balaban J connectivity index is 1.56. The van der Waals surface area contributed by atoms with Gasteiger partial charge >= 0.3 is 5.97 Å². The number of carbonyl (C=O) groups excluding carboxylic acids is 3. The molecule has 27 heavy (non-hydrogen) atoms. The van der Waals surface area contributed by atoms with Crippen molar-refractivity contribution in [1.82, 2.24) is 9.88 Å². The van der Waals surface area contributed by atoms with Gasteiger partial charge in [0.05, 0.1) is 0 Å². The Hall–Kier alpha value is -3.16. The second-order valence-electron chi connectivity index (χ2n) is 6.42. The maximum absolute atomic E-state index is 12.3. The highest BCUT2D eigenvalue weighted by Gasteiger charge is 2.27. The molecule has 0 spiro atoms. The van der Waals surface area contributed by atoms with Gasteiger partial charge in [0.25, 0.3) is 5.91 Å². The van der Waals surface area contributed by atoms with Crippen LogP contribution < -0.4 is 5.73 Å². The summed E-state index contributed by atoms with van der Waals surface area (Å²) in [7, 11) is 0. The monoisotopic (exact) mass is 371 g/mol. The first-order valence-electron chi connectivity index (χ1n) is 8.72. The number of nitrogens with two attached hydrogens (primary N) is 1. The standard InChI is InChI=1S/C19H21N3O5/c1-12-16(21-18(27-12)14-5-3-2-4-6-14)19(25)26-11-15(23)22-9-7-13(8-10-22)17(20)24/h2-6,13H,7-11H2,1H3,(H2,20,24). The summed E-state index contributed by atoms with van der Waals surface area (Å²) < 4.78 is 10.6. The van der Waals surface area contributed by atoms with E-state index in [-0.39, 0.29) is 30.0 Å². The molecule has 0 atom stereocenters. The van der Waals surface area contributed by atoms with E-state index in [0.29, 0.717) is 37.6 Å². The van der Waals surface area contributed by atoms with Crippen LogP contribution in [0.1, 0.15) is 29.1 Å². The van der Waals surface area contributed by atoms with E-state index >= 15 is 0 Å². The molecule has 2 N–H and O–H groups in total. The molecular weight excluding hydrogens is 350 g/mol. The molecule has 2 amide bonds. The first-order chi connectivity index (χ1) is 13.0. The van der Waals surface area contributed by atoms with E-state index in [4.69, 9.17) is 14.9 Å². The number of aryl methyl sites for hydroxylation is 1. The molecule has 1 aliphatic rings. The molecular formula is C19H21N3O5. The molecule has 0 radical (unpaired) electrons. The lowest BCUT2D eigenvalue weighted by molar-refractivity contribution is -0.137. The first-order valence-corrected chi connectivity index (χ1v) is 8.72. The van der Waals surface area contributed by atoms with Crippen molar-refractivity contribution in [2.75, 3.05) is 19.7 Å². The predicted molar refractivity (Wildman–Crippen MR) is 95.5 cm³/mol. The van der Waals surface area contributed by atoms with Gasteiger partial charge in [0.1, 0.15) is 5.76 Å². The van der Waals surface area contributed by atoms with Crippen molar-refractivity contribution in [2.45, 2.75) is 19.8 Å². The lowest BCUT2D eigenvalue weighted by atomic mass is 9.96. The minimum Gasteiger partial charge on any atom is -0.451 e. The number of primary amides is 1. The number of ether oxygens (including phenoxy) is 1. The Bertz CT molecular complexity index is 838. The van der Waals surface area contributed by atoms with Gasteiger partial charge in [-0.05, 0) is 31.9 Å². The molecule has 8 heteroatoms. The Kier molecular flexibility index (Phi) is 5.54. The zero-order chi connectivity index (χ0) is 19.4. The van der Waals surface area contributed by atoms with Gasteiger partial charge in [-0.3, -0.25) is 9.59 Å². The van der Waals surface area contributed by atoms with E-state index in [0.717, 1.165) is 5.56 Å². The number of likely N-dealkylation sites (tertiary alicyclic amines) is 1. The molecule has 1 fully saturated rings. The van der Waals surface area contributed by atoms with Crippen LogP contribution in [0.5, 0.6) is 0 Å².